The molecule has 0 aliphatic rings. The maximum Gasteiger partial charge on any atom is 0.172 e. The second-order valence-electron chi connectivity index (χ2n) is 2.98. The standard InChI is InChI=1S/C8H14ClNO4S2/c1-3-15(11,12)7-5-10(9)6-8-16(13,14)4-2/h3-4H,1-2,5-8H2. The highest BCUT2D eigenvalue weighted by molar-refractivity contribution is 7.94. The summed E-state index contributed by atoms with van der Waals surface area (Å²) in [5.74, 6) is -0.373. The molecule has 0 spiro atoms. The molecule has 0 aromatic carbocycles. The van der Waals surface area contributed by atoms with E-state index in [0.29, 0.717) is 0 Å². The van der Waals surface area contributed by atoms with E-state index in [1.165, 1.54) is 0 Å². The van der Waals surface area contributed by atoms with Crippen molar-refractivity contribution in [2.45, 2.75) is 0 Å². The lowest BCUT2D eigenvalue weighted by Gasteiger charge is -2.11. The molecule has 0 unspecified atom stereocenters. The van der Waals surface area contributed by atoms with Crippen molar-refractivity contribution in [3.8, 4) is 0 Å². The van der Waals surface area contributed by atoms with Crippen LogP contribution in [0.1, 0.15) is 0 Å². The Labute approximate surface area is 101 Å². The summed E-state index contributed by atoms with van der Waals surface area (Å²) in [6.07, 6.45) is 0. The van der Waals surface area contributed by atoms with Gasteiger partial charge in [0.15, 0.2) is 19.7 Å². The molecule has 5 nitrogen and oxygen atoms in total. The van der Waals surface area contributed by atoms with Gasteiger partial charge in [-0.1, -0.05) is 13.2 Å². The van der Waals surface area contributed by atoms with Gasteiger partial charge in [0.05, 0.1) is 11.5 Å². The predicted molar refractivity (Wildman–Crippen MR) is 65.4 cm³/mol. The maximum atomic E-state index is 11.0. The molecule has 0 aromatic heterocycles. The van der Waals surface area contributed by atoms with Crippen LogP contribution in [-0.2, 0) is 19.7 Å². The molecule has 0 amide bonds. The highest BCUT2D eigenvalue weighted by Gasteiger charge is 2.11. The Morgan fingerprint density at radius 2 is 1.25 bits per heavy atom. The molecule has 0 heterocycles. The van der Waals surface area contributed by atoms with Gasteiger partial charge in [-0.3, -0.25) is 0 Å². The third-order valence-electron chi connectivity index (χ3n) is 1.74. The fourth-order valence-corrected chi connectivity index (χ4v) is 2.38. The Kier molecular flexibility index (Phi) is 6.24. The first-order valence-electron chi connectivity index (χ1n) is 4.33. The van der Waals surface area contributed by atoms with Gasteiger partial charge in [0.1, 0.15) is 0 Å². The Bertz CT molecular complexity index is 399. The van der Waals surface area contributed by atoms with E-state index in [1.807, 2.05) is 0 Å². The molecule has 0 rings (SSSR count). The minimum atomic E-state index is -3.31. The fraction of sp³-hybridized carbons (Fsp3) is 0.500. The van der Waals surface area contributed by atoms with Gasteiger partial charge in [0, 0.05) is 23.9 Å². The molecule has 0 fully saturated rings. The minimum Gasteiger partial charge on any atom is -0.224 e. The summed E-state index contributed by atoms with van der Waals surface area (Å²) in [6.45, 7) is 6.39. The molecule has 8 heteroatoms. The van der Waals surface area contributed by atoms with Crippen LogP contribution in [0.2, 0.25) is 0 Å². The van der Waals surface area contributed by atoms with E-state index in [1.54, 1.807) is 0 Å². The van der Waals surface area contributed by atoms with Crippen molar-refractivity contribution in [3.05, 3.63) is 24.0 Å². The average Bonchev–Trinajstić information content (AvgIpc) is 2.24. The van der Waals surface area contributed by atoms with Crippen molar-refractivity contribution >= 4 is 31.5 Å². The van der Waals surface area contributed by atoms with Crippen LogP contribution in [0.25, 0.3) is 0 Å². The number of rotatable bonds is 8. The van der Waals surface area contributed by atoms with Crippen LogP contribution >= 0.6 is 11.8 Å². The summed E-state index contributed by atoms with van der Waals surface area (Å²) in [5.41, 5.74) is 0. The van der Waals surface area contributed by atoms with Gasteiger partial charge in [0.25, 0.3) is 0 Å². The summed E-state index contributed by atoms with van der Waals surface area (Å²) in [4.78, 5) is 0. The first-order chi connectivity index (χ1) is 7.22. The van der Waals surface area contributed by atoms with Gasteiger partial charge in [-0.2, -0.15) is 0 Å². The Morgan fingerprint density at radius 3 is 1.50 bits per heavy atom. The van der Waals surface area contributed by atoms with E-state index in [9.17, 15) is 16.8 Å². The highest BCUT2D eigenvalue weighted by atomic mass is 35.5. The molecule has 0 aliphatic carbocycles. The van der Waals surface area contributed by atoms with Gasteiger partial charge in [-0.05, 0) is 11.8 Å². The van der Waals surface area contributed by atoms with Crippen LogP contribution in [0.4, 0.5) is 0 Å². The molecule has 0 saturated heterocycles. The first-order valence-corrected chi connectivity index (χ1v) is 8.10. The van der Waals surface area contributed by atoms with Crippen LogP contribution in [0.3, 0.4) is 0 Å². The van der Waals surface area contributed by atoms with Crippen molar-refractivity contribution in [2.75, 3.05) is 24.6 Å². The smallest absolute Gasteiger partial charge is 0.172 e. The monoisotopic (exact) mass is 287 g/mol. The first kappa shape index (κ1) is 15.6. The molecule has 0 aromatic rings. The topological polar surface area (TPSA) is 71.5 Å². The van der Waals surface area contributed by atoms with Gasteiger partial charge in [-0.15, -0.1) is 0 Å². The van der Waals surface area contributed by atoms with E-state index in [2.05, 4.69) is 13.2 Å². The van der Waals surface area contributed by atoms with Crippen LogP contribution in [-0.4, -0.2) is 45.8 Å². The van der Waals surface area contributed by atoms with Gasteiger partial charge >= 0.3 is 0 Å². The molecule has 0 atom stereocenters. The molecule has 0 radical (unpaired) electrons. The zero-order chi connectivity index (χ0) is 12.8. The minimum absolute atomic E-state index is 0.0442. The zero-order valence-electron chi connectivity index (χ0n) is 8.67. The van der Waals surface area contributed by atoms with Gasteiger partial charge < -0.3 is 0 Å². The quantitative estimate of drug-likeness (QED) is 0.610. The Hall–Kier alpha value is -0.370. The van der Waals surface area contributed by atoms with Crippen LogP contribution < -0.4 is 0 Å². The van der Waals surface area contributed by atoms with Crippen molar-refractivity contribution in [3.63, 3.8) is 0 Å². The molecule has 0 N–H and O–H groups in total. The highest BCUT2D eigenvalue weighted by Crippen LogP contribution is 2.00. The predicted octanol–water partition coefficient (Wildman–Crippen LogP) is 0.559. The number of halogens is 1. The van der Waals surface area contributed by atoms with E-state index in [0.717, 1.165) is 15.2 Å². The SMILES string of the molecule is C=CS(=O)(=O)CCN(Cl)CCS(=O)(=O)C=C. The Morgan fingerprint density at radius 1 is 0.938 bits per heavy atom. The summed E-state index contributed by atoms with van der Waals surface area (Å²) >= 11 is 5.64. The number of nitrogens with zero attached hydrogens (tertiary/aromatic N) is 1. The molecule has 0 aliphatic heterocycles. The second kappa shape index (κ2) is 6.39. The average molecular weight is 288 g/mol. The summed E-state index contributed by atoms with van der Waals surface area (Å²) in [7, 11) is -6.61. The lowest BCUT2D eigenvalue weighted by molar-refractivity contribution is 0.499. The van der Waals surface area contributed by atoms with Crippen LogP contribution in [0.15, 0.2) is 24.0 Å². The van der Waals surface area contributed by atoms with Crippen molar-refractivity contribution in [1.82, 2.24) is 4.42 Å². The van der Waals surface area contributed by atoms with Gasteiger partial charge in [-0.25, -0.2) is 21.3 Å². The summed E-state index contributed by atoms with van der Waals surface area (Å²) in [6, 6.07) is 0. The Balaban J connectivity index is 4.07. The van der Waals surface area contributed by atoms with E-state index in [-0.39, 0.29) is 24.6 Å². The van der Waals surface area contributed by atoms with Crippen molar-refractivity contribution < 1.29 is 16.8 Å². The largest absolute Gasteiger partial charge is 0.224 e. The number of sulfone groups is 2. The fourth-order valence-electron chi connectivity index (χ4n) is 0.731. The zero-order valence-corrected chi connectivity index (χ0v) is 11.1. The van der Waals surface area contributed by atoms with Gasteiger partial charge in [0.2, 0.25) is 0 Å². The second-order valence-corrected chi connectivity index (χ2v) is 7.59. The van der Waals surface area contributed by atoms with Crippen LogP contribution in [0, 0.1) is 0 Å². The third-order valence-corrected chi connectivity index (χ3v) is 4.60. The molecule has 0 bridgehead atoms. The lowest BCUT2D eigenvalue weighted by atomic mass is 10.6. The van der Waals surface area contributed by atoms with Crippen LogP contribution in [0.5, 0.6) is 0 Å². The maximum absolute atomic E-state index is 11.0. The molecule has 0 saturated carbocycles. The lowest BCUT2D eigenvalue weighted by Crippen LogP contribution is -2.25. The molecular formula is C8H14ClNO4S2. The third kappa shape index (κ3) is 7.00. The van der Waals surface area contributed by atoms with E-state index < -0.39 is 19.7 Å². The van der Waals surface area contributed by atoms with E-state index in [4.69, 9.17) is 11.8 Å². The molecule has 16 heavy (non-hydrogen) atoms. The van der Waals surface area contributed by atoms with E-state index >= 15 is 0 Å². The summed E-state index contributed by atoms with van der Waals surface area (Å²) < 4.78 is 45.2. The number of hydrogen-bond acceptors (Lipinski definition) is 5. The summed E-state index contributed by atoms with van der Waals surface area (Å²) in [5, 5.41) is 1.69. The number of hydrogen-bond donors (Lipinski definition) is 0. The van der Waals surface area contributed by atoms with Crippen molar-refractivity contribution in [2.24, 2.45) is 0 Å². The normalized spacial score (nSPS) is 12.6. The molecular weight excluding hydrogens is 274 g/mol. The van der Waals surface area contributed by atoms with Crippen molar-refractivity contribution in [1.29, 1.82) is 0 Å². The molecule has 94 valence electrons.